The van der Waals surface area contributed by atoms with Crippen molar-refractivity contribution in [1.82, 2.24) is 9.66 Å². The van der Waals surface area contributed by atoms with Gasteiger partial charge in [-0.15, -0.1) is 0 Å². The molecule has 0 spiro atoms. The number of esters is 1. The minimum absolute atomic E-state index is 0.0493. The summed E-state index contributed by atoms with van der Waals surface area (Å²) in [6.07, 6.45) is 6.18. The van der Waals surface area contributed by atoms with Gasteiger partial charge in [0.2, 0.25) is 5.75 Å². The van der Waals surface area contributed by atoms with Gasteiger partial charge in [0.1, 0.15) is 5.82 Å². The fourth-order valence-corrected chi connectivity index (χ4v) is 4.69. The summed E-state index contributed by atoms with van der Waals surface area (Å²) in [6, 6.07) is 7.75. The van der Waals surface area contributed by atoms with Gasteiger partial charge in [0.25, 0.3) is 5.56 Å². The third-order valence-electron chi connectivity index (χ3n) is 5.62. The smallest absolute Gasteiger partial charge is 0.313 e. The van der Waals surface area contributed by atoms with Crippen LogP contribution in [0.2, 0.25) is 5.02 Å². The zero-order valence-corrected chi connectivity index (χ0v) is 20.5. The summed E-state index contributed by atoms with van der Waals surface area (Å²) in [6.45, 7) is 1.13. The fourth-order valence-electron chi connectivity index (χ4n) is 4.11. The normalized spacial score (nSPS) is 14.6. The van der Waals surface area contributed by atoms with Gasteiger partial charge in [-0.3, -0.25) is 19.7 Å². The van der Waals surface area contributed by atoms with Gasteiger partial charge in [0.05, 0.1) is 22.0 Å². The average Bonchev–Trinajstić information content (AvgIpc) is 2.80. The number of fused-ring (bicyclic) bond motifs is 1. The lowest BCUT2D eigenvalue weighted by Gasteiger charge is -2.22. The average molecular weight is 548 g/mol. The third-order valence-corrected chi connectivity index (χ3v) is 6.33. The van der Waals surface area contributed by atoms with E-state index in [-0.39, 0.29) is 27.8 Å². The van der Waals surface area contributed by atoms with Crippen LogP contribution in [0.1, 0.15) is 56.3 Å². The first-order valence-corrected chi connectivity index (χ1v) is 11.8. The Labute approximate surface area is 207 Å². The first kappa shape index (κ1) is 24.0. The van der Waals surface area contributed by atoms with E-state index in [0.29, 0.717) is 16.7 Å². The van der Waals surface area contributed by atoms with Crippen LogP contribution >= 0.6 is 27.5 Å². The highest BCUT2D eigenvalue weighted by molar-refractivity contribution is 9.10. The molecule has 0 N–H and O–H groups in total. The molecule has 1 saturated carbocycles. The van der Waals surface area contributed by atoms with Crippen molar-refractivity contribution in [2.24, 2.45) is 5.10 Å². The molecule has 3 aromatic rings. The van der Waals surface area contributed by atoms with Gasteiger partial charge in [-0.25, -0.2) is 4.98 Å². The van der Waals surface area contributed by atoms with Crippen molar-refractivity contribution in [2.45, 2.75) is 44.9 Å². The fraction of sp³-hybridized carbons (Fsp3) is 0.304. The molecule has 0 radical (unpaired) electrons. The van der Waals surface area contributed by atoms with Crippen molar-refractivity contribution in [3.05, 3.63) is 71.7 Å². The Balaban J connectivity index is 1.91. The largest absolute Gasteiger partial charge is 0.419 e. The molecule has 0 saturated heterocycles. The molecule has 2 aromatic carbocycles. The van der Waals surface area contributed by atoms with Crippen LogP contribution in [-0.2, 0) is 4.79 Å². The summed E-state index contributed by atoms with van der Waals surface area (Å²) in [5.74, 6) is -0.457. The van der Waals surface area contributed by atoms with Gasteiger partial charge in [0, 0.05) is 34.0 Å². The highest BCUT2D eigenvalue weighted by Gasteiger charge is 2.24. The Morgan fingerprint density at radius 2 is 2.03 bits per heavy atom. The number of nitrogens with zero attached hydrogens (tertiary/aromatic N) is 4. The predicted molar refractivity (Wildman–Crippen MR) is 132 cm³/mol. The van der Waals surface area contributed by atoms with E-state index in [9.17, 15) is 19.7 Å². The Morgan fingerprint density at radius 1 is 1.29 bits per heavy atom. The third kappa shape index (κ3) is 5.02. The van der Waals surface area contributed by atoms with Gasteiger partial charge in [-0.05, 0) is 37.1 Å². The molecule has 1 heterocycles. The molecule has 1 aliphatic carbocycles. The van der Waals surface area contributed by atoms with E-state index in [1.807, 2.05) is 6.07 Å². The van der Waals surface area contributed by atoms with Gasteiger partial charge in [-0.1, -0.05) is 46.8 Å². The molecule has 1 aliphatic rings. The van der Waals surface area contributed by atoms with Crippen LogP contribution in [0.3, 0.4) is 0 Å². The number of carbonyl (C=O) groups excluding carboxylic acids is 1. The van der Waals surface area contributed by atoms with E-state index >= 15 is 0 Å². The minimum Gasteiger partial charge on any atom is -0.419 e. The van der Waals surface area contributed by atoms with E-state index < -0.39 is 16.6 Å². The molecule has 0 unspecified atom stereocenters. The van der Waals surface area contributed by atoms with E-state index in [1.54, 1.807) is 12.1 Å². The van der Waals surface area contributed by atoms with Crippen LogP contribution in [0.5, 0.6) is 5.75 Å². The second-order valence-corrected chi connectivity index (χ2v) is 9.37. The summed E-state index contributed by atoms with van der Waals surface area (Å²) in [4.78, 5) is 40.6. The quantitative estimate of drug-likeness (QED) is 0.135. The number of halogens is 2. The van der Waals surface area contributed by atoms with Gasteiger partial charge in [-0.2, -0.15) is 9.78 Å². The molecule has 0 atom stereocenters. The number of rotatable bonds is 5. The van der Waals surface area contributed by atoms with E-state index in [4.69, 9.17) is 21.3 Å². The lowest BCUT2D eigenvalue weighted by Crippen LogP contribution is -2.25. The molecule has 1 aromatic heterocycles. The van der Waals surface area contributed by atoms with Crippen molar-refractivity contribution in [3.8, 4) is 5.75 Å². The first-order valence-electron chi connectivity index (χ1n) is 10.7. The predicted octanol–water partition coefficient (Wildman–Crippen LogP) is 5.58. The molecular formula is C23H20BrClN4O5. The summed E-state index contributed by atoms with van der Waals surface area (Å²) in [7, 11) is 0. The van der Waals surface area contributed by atoms with E-state index in [0.717, 1.165) is 49.6 Å². The van der Waals surface area contributed by atoms with Crippen LogP contribution in [0.4, 0.5) is 5.69 Å². The maximum Gasteiger partial charge on any atom is 0.313 e. The SMILES string of the molecule is CC(=O)Oc1c(C=Nn2c(C3CCCCC3)nc3ccc(Br)cc3c2=O)cc(Cl)cc1[N+](=O)[O-]. The summed E-state index contributed by atoms with van der Waals surface area (Å²) in [5, 5.41) is 16.3. The number of nitro benzene ring substituents is 1. The molecule has 1 fully saturated rings. The Kier molecular flexibility index (Phi) is 7.08. The molecule has 0 bridgehead atoms. The molecule has 11 heteroatoms. The van der Waals surface area contributed by atoms with Crippen LogP contribution in [0.15, 0.2) is 44.7 Å². The molecule has 34 heavy (non-hydrogen) atoms. The number of benzene rings is 2. The van der Waals surface area contributed by atoms with E-state index in [2.05, 4.69) is 21.0 Å². The summed E-state index contributed by atoms with van der Waals surface area (Å²) < 4.78 is 7.06. The van der Waals surface area contributed by atoms with Crippen molar-refractivity contribution >= 4 is 56.3 Å². The van der Waals surface area contributed by atoms with Crippen molar-refractivity contribution < 1.29 is 14.5 Å². The van der Waals surface area contributed by atoms with Crippen molar-refractivity contribution in [2.75, 3.05) is 0 Å². The first-order chi connectivity index (χ1) is 16.2. The summed E-state index contributed by atoms with van der Waals surface area (Å²) >= 11 is 9.45. The molecule has 0 amide bonds. The lowest BCUT2D eigenvalue weighted by molar-refractivity contribution is -0.385. The number of hydrogen-bond donors (Lipinski definition) is 0. The van der Waals surface area contributed by atoms with Crippen LogP contribution in [0, 0.1) is 10.1 Å². The Bertz CT molecular complexity index is 1380. The number of ether oxygens (including phenoxy) is 1. The van der Waals surface area contributed by atoms with Crippen LogP contribution in [-0.4, -0.2) is 26.8 Å². The topological polar surface area (TPSA) is 117 Å². The van der Waals surface area contributed by atoms with Crippen LogP contribution < -0.4 is 10.3 Å². The highest BCUT2D eigenvalue weighted by atomic mass is 79.9. The second kappa shape index (κ2) is 10.0. The van der Waals surface area contributed by atoms with Crippen molar-refractivity contribution in [3.63, 3.8) is 0 Å². The molecule has 9 nitrogen and oxygen atoms in total. The van der Waals surface area contributed by atoms with Gasteiger partial charge < -0.3 is 4.74 Å². The minimum atomic E-state index is -0.739. The Hall–Kier alpha value is -3.11. The Morgan fingerprint density at radius 3 is 2.71 bits per heavy atom. The van der Waals surface area contributed by atoms with Crippen molar-refractivity contribution in [1.29, 1.82) is 0 Å². The second-order valence-electron chi connectivity index (χ2n) is 8.02. The number of nitro groups is 1. The highest BCUT2D eigenvalue weighted by Crippen LogP contribution is 2.35. The standard InChI is InChI=1S/C23H20BrClN4O5/c1-13(30)34-21-15(9-17(25)11-20(21)29(32)33)12-26-28-22(14-5-3-2-4-6-14)27-19-8-7-16(24)10-18(19)23(28)31/h7-12,14H,2-6H2,1H3. The monoisotopic (exact) mass is 546 g/mol. The molecular weight excluding hydrogens is 528 g/mol. The summed E-state index contributed by atoms with van der Waals surface area (Å²) in [5.41, 5.74) is -0.192. The molecule has 176 valence electrons. The zero-order chi connectivity index (χ0) is 24.4. The van der Waals surface area contributed by atoms with Gasteiger partial charge in [0.15, 0.2) is 0 Å². The number of carbonyl (C=O) groups is 1. The molecule has 0 aliphatic heterocycles. The maximum atomic E-state index is 13.4. The maximum absolute atomic E-state index is 13.4. The molecule has 4 rings (SSSR count). The number of aromatic nitrogens is 2. The number of hydrogen-bond acceptors (Lipinski definition) is 7. The van der Waals surface area contributed by atoms with E-state index in [1.165, 1.54) is 17.0 Å². The lowest BCUT2D eigenvalue weighted by atomic mass is 9.88. The van der Waals surface area contributed by atoms with Crippen LogP contribution in [0.25, 0.3) is 10.9 Å². The van der Waals surface area contributed by atoms with Gasteiger partial charge >= 0.3 is 11.7 Å². The zero-order valence-electron chi connectivity index (χ0n) is 18.2.